The molecule has 134 valence electrons. The molecule has 1 saturated heterocycles. The van der Waals surface area contributed by atoms with Crippen LogP contribution in [-0.4, -0.2) is 44.9 Å². The van der Waals surface area contributed by atoms with Crippen LogP contribution in [0.5, 0.6) is 0 Å². The van der Waals surface area contributed by atoms with Gasteiger partial charge in [0.15, 0.2) is 0 Å². The minimum absolute atomic E-state index is 0.287. The third-order valence-electron chi connectivity index (χ3n) is 5.45. The third kappa shape index (κ3) is 3.39. The quantitative estimate of drug-likeness (QED) is 0.784. The lowest BCUT2D eigenvalue weighted by Gasteiger charge is -2.33. The maximum absolute atomic E-state index is 10.1. The van der Waals surface area contributed by atoms with Crippen LogP contribution in [0.4, 0.5) is 11.8 Å². The summed E-state index contributed by atoms with van der Waals surface area (Å²) in [6, 6.07) is 0.287. The summed E-state index contributed by atoms with van der Waals surface area (Å²) in [5.74, 6) is 1.38. The zero-order valence-corrected chi connectivity index (χ0v) is 14.5. The molecular formula is C18H25N5O2. The lowest BCUT2D eigenvalue weighted by molar-refractivity contribution is 0.0196. The molecule has 1 aliphatic carbocycles. The standard InChI is InChI=1S/C18H25N5O2/c1-18(24)5-2-12(3-6-18)22-17-21-9-14-15(23-17)13(8-20-16(14)19)11-4-7-25-10-11/h8-9,11-12,24H,2-7,10H2,1H3,(H2,19,20)(H,21,22,23)/t11?,12-,18-. The second-order valence-electron chi connectivity index (χ2n) is 7.53. The molecule has 2 aromatic rings. The van der Waals surface area contributed by atoms with Crippen LogP contribution in [0.25, 0.3) is 10.9 Å². The minimum Gasteiger partial charge on any atom is -0.390 e. The van der Waals surface area contributed by atoms with E-state index >= 15 is 0 Å². The summed E-state index contributed by atoms with van der Waals surface area (Å²) in [4.78, 5) is 13.5. The molecular weight excluding hydrogens is 318 g/mol. The summed E-state index contributed by atoms with van der Waals surface area (Å²) in [6.45, 7) is 3.38. The number of nitrogens with zero attached hydrogens (tertiary/aromatic N) is 3. The van der Waals surface area contributed by atoms with Crippen molar-refractivity contribution >= 4 is 22.7 Å². The Balaban J connectivity index is 1.61. The van der Waals surface area contributed by atoms with Gasteiger partial charge in [-0.1, -0.05) is 0 Å². The number of aromatic nitrogens is 3. The molecule has 7 heteroatoms. The van der Waals surface area contributed by atoms with E-state index in [1.807, 2.05) is 13.1 Å². The Morgan fingerprint density at radius 2 is 2.04 bits per heavy atom. The van der Waals surface area contributed by atoms with Crippen LogP contribution in [0.15, 0.2) is 12.4 Å². The second kappa shape index (κ2) is 6.38. The van der Waals surface area contributed by atoms with Crippen LogP contribution in [0, 0.1) is 0 Å². The van der Waals surface area contributed by atoms with Crippen molar-refractivity contribution in [3.8, 4) is 0 Å². The van der Waals surface area contributed by atoms with Crippen molar-refractivity contribution in [1.82, 2.24) is 15.0 Å². The minimum atomic E-state index is -0.543. The molecule has 0 aromatic carbocycles. The van der Waals surface area contributed by atoms with Gasteiger partial charge in [0.2, 0.25) is 5.95 Å². The molecule has 4 rings (SSSR count). The Bertz CT molecular complexity index is 763. The number of anilines is 2. The van der Waals surface area contributed by atoms with Gasteiger partial charge >= 0.3 is 0 Å². The lowest BCUT2D eigenvalue weighted by Crippen LogP contribution is -2.36. The monoisotopic (exact) mass is 343 g/mol. The Morgan fingerprint density at radius 3 is 2.76 bits per heavy atom. The summed E-state index contributed by atoms with van der Waals surface area (Å²) in [5, 5.41) is 14.3. The van der Waals surface area contributed by atoms with Crippen molar-refractivity contribution < 1.29 is 9.84 Å². The number of hydrogen-bond donors (Lipinski definition) is 3. The average molecular weight is 343 g/mol. The molecule has 25 heavy (non-hydrogen) atoms. The number of nitrogen functional groups attached to an aromatic ring is 1. The number of pyridine rings is 1. The van der Waals surface area contributed by atoms with E-state index < -0.39 is 5.60 Å². The van der Waals surface area contributed by atoms with Crippen molar-refractivity contribution in [3.05, 3.63) is 18.0 Å². The normalized spacial score (nSPS) is 29.8. The van der Waals surface area contributed by atoms with Crippen molar-refractivity contribution in [2.75, 3.05) is 24.3 Å². The van der Waals surface area contributed by atoms with Crippen LogP contribution in [0.1, 0.15) is 50.5 Å². The molecule has 1 aliphatic heterocycles. The predicted molar refractivity (Wildman–Crippen MR) is 96.4 cm³/mol. The summed E-state index contributed by atoms with van der Waals surface area (Å²) in [5.41, 5.74) is 7.42. The molecule has 2 aromatic heterocycles. The Labute approximate surface area is 147 Å². The first kappa shape index (κ1) is 16.5. The summed E-state index contributed by atoms with van der Waals surface area (Å²) < 4.78 is 5.52. The highest BCUT2D eigenvalue weighted by Crippen LogP contribution is 2.33. The number of nitrogens with one attached hydrogen (secondary N) is 1. The number of fused-ring (bicyclic) bond motifs is 1. The molecule has 2 fully saturated rings. The molecule has 3 heterocycles. The van der Waals surface area contributed by atoms with Crippen LogP contribution in [0.3, 0.4) is 0 Å². The van der Waals surface area contributed by atoms with Gasteiger partial charge < -0.3 is 20.9 Å². The Hall–Kier alpha value is -1.99. The smallest absolute Gasteiger partial charge is 0.223 e. The maximum atomic E-state index is 10.1. The molecule has 0 bridgehead atoms. The van der Waals surface area contributed by atoms with E-state index in [0.717, 1.165) is 55.2 Å². The number of rotatable bonds is 3. The highest BCUT2D eigenvalue weighted by atomic mass is 16.5. The van der Waals surface area contributed by atoms with Gasteiger partial charge in [-0.3, -0.25) is 0 Å². The average Bonchev–Trinajstić information content (AvgIpc) is 3.11. The predicted octanol–water partition coefficient (Wildman–Crippen LogP) is 2.22. The van der Waals surface area contributed by atoms with Gasteiger partial charge in [-0.2, -0.15) is 0 Å². The third-order valence-corrected chi connectivity index (χ3v) is 5.45. The summed E-state index contributed by atoms with van der Waals surface area (Å²) in [7, 11) is 0. The van der Waals surface area contributed by atoms with Crippen molar-refractivity contribution in [1.29, 1.82) is 0 Å². The van der Waals surface area contributed by atoms with Crippen LogP contribution in [-0.2, 0) is 4.74 Å². The molecule has 1 atom stereocenters. The van der Waals surface area contributed by atoms with E-state index in [4.69, 9.17) is 15.5 Å². The molecule has 0 radical (unpaired) electrons. The van der Waals surface area contributed by atoms with E-state index in [1.165, 1.54) is 0 Å². The number of aliphatic hydroxyl groups is 1. The van der Waals surface area contributed by atoms with E-state index in [2.05, 4.69) is 15.3 Å². The lowest BCUT2D eigenvalue weighted by atomic mass is 9.84. The zero-order valence-electron chi connectivity index (χ0n) is 14.5. The maximum Gasteiger partial charge on any atom is 0.223 e. The molecule has 1 unspecified atom stereocenters. The van der Waals surface area contributed by atoms with E-state index in [1.54, 1.807) is 6.20 Å². The first-order valence-electron chi connectivity index (χ1n) is 9.00. The SMILES string of the molecule is C[C@]1(O)CC[C@H](Nc2ncc3c(N)ncc(C4CCOC4)c3n2)CC1. The fraction of sp³-hybridized carbons (Fsp3) is 0.611. The zero-order chi connectivity index (χ0) is 17.4. The van der Waals surface area contributed by atoms with Gasteiger partial charge in [0.25, 0.3) is 0 Å². The first-order chi connectivity index (χ1) is 12.0. The van der Waals surface area contributed by atoms with Crippen LogP contribution in [0.2, 0.25) is 0 Å². The molecule has 0 amide bonds. The van der Waals surface area contributed by atoms with Gasteiger partial charge in [0.05, 0.1) is 23.1 Å². The largest absolute Gasteiger partial charge is 0.390 e. The Morgan fingerprint density at radius 1 is 1.24 bits per heavy atom. The van der Waals surface area contributed by atoms with E-state index in [9.17, 15) is 5.11 Å². The fourth-order valence-electron chi connectivity index (χ4n) is 3.77. The number of ether oxygens (including phenoxy) is 1. The van der Waals surface area contributed by atoms with Crippen molar-refractivity contribution in [3.63, 3.8) is 0 Å². The highest BCUT2D eigenvalue weighted by molar-refractivity contribution is 5.90. The van der Waals surface area contributed by atoms with E-state index in [-0.39, 0.29) is 6.04 Å². The van der Waals surface area contributed by atoms with Gasteiger partial charge in [-0.25, -0.2) is 15.0 Å². The molecule has 7 nitrogen and oxygen atoms in total. The highest BCUT2D eigenvalue weighted by Gasteiger charge is 2.29. The van der Waals surface area contributed by atoms with Crippen LogP contribution < -0.4 is 11.1 Å². The van der Waals surface area contributed by atoms with Gasteiger partial charge in [0, 0.05) is 36.5 Å². The van der Waals surface area contributed by atoms with E-state index in [0.29, 0.717) is 24.3 Å². The van der Waals surface area contributed by atoms with Crippen molar-refractivity contribution in [2.24, 2.45) is 0 Å². The Kier molecular flexibility index (Phi) is 4.21. The number of nitrogens with two attached hydrogens (primary N) is 1. The molecule has 0 spiro atoms. The first-order valence-corrected chi connectivity index (χ1v) is 9.00. The van der Waals surface area contributed by atoms with Gasteiger partial charge in [-0.05, 0) is 39.0 Å². The topological polar surface area (TPSA) is 106 Å². The van der Waals surface area contributed by atoms with Crippen LogP contribution >= 0.6 is 0 Å². The van der Waals surface area contributed by atoms with Gasteiger partial charge in [-0.15, -0.1) is 0 Å². The molecule has 4 N–H and O–H groups in total. The second-order valence-corrected chi connectivity index (χ2v) is 7.53. The summed E-state index contributed by atoms with van der Waals surface area (Å²) >= 11 is 0. The molecule has 2 aliphatic rings. The van der Waals surface area contributed by atoms with Crippen molar-refractivity contribution in [2.45, 2.75) is 56.6 Å². The van der Waals surface area contributed by atoms with Gasteiger partial charge in [0.1, 0.15) is 5.82 Å². The summed E-state index contributed by atoms with van der Waals surface area (Å²) in [6.07, 6.45) is 7.97. The fourth-order valence-corrected chi connectivity index (χ4v) is 3.77. The number of hydrogen-bond acceptors (Lipinski definition) is 7. The molecule has 1 saturated carbocycles.